The van der Waals surface area contributed by atoms with E-state index in [1.807, 2.05) is 23.1 Å². The fourth-order valence-corrected chi connectivity index (χ4v) is 4.96. The van der Waals surface area contributed by atoms with E-state index in [-0.39, 0.29) is 40.8 Å². The lowest BCUT2D eigenvalue weighted by Crippen LogP contribution is -2.49. The molecule has 2 amide bonds. The Kier molecular flexibility index (Phi) is 8.51. The zero-order valence-electron chi connectivity index (χ0n) is 23.7. The maximum atomic E-state index is 13.3. The third-order valence-corrected chi connectivity index (χ3v) is 7.13. The van der Waals surface area contributed by atoms with Crippen LogP contribution >= 0.6 is 0 Å². The maximum Gasteiger partial charge on any atom is 0.338 e. The number of piperazine rings is 1. The van der Waals surface area contributed by atoms with Crippen LogP contribution in [-0.2, 0) is 4.74 Å². The fourth-order valence-electron chi connectivity index (χ4n) is 4.96. The van der Waals surface area contributed by atoms with Gasteiger partial charge in [-0.3, -0.25) is 19.7 Å². The number of nitro groups is 1. The number of rotatable bonds is 8. The lowest BCUT2D eigenvalue weighted by Gasteiger charge is -2.37. The molecule has 1 aliphatic rings. The summed E-state index contributed by atoms with van der Waals surface area (Å²) in [5, 5.41) is 14.4. The second-order valence-corrected chi connectivity index (χ2v) is 9.99. The molecule has 1 saturated heterocycles. The minimum absolute atomic E-state index is 0.0473. The largest absolute Gasteiger partial charge is 0.462 e. The first-order valence-corrected chi connectivity index (χ1v) is 13.8. The third kappa shape index (κ3) is 6.40. The molecule has 0 bridgehead atoms. The van der Waals surface area contributed by atoms with Crippen molar-refractivity contribution >= 4 is 34.8 Å². The highest BCUT2D eigenvalue weighted by Gasteiger charge is 2.26. The lowest BCUT2D eigenvalue weighted by molar-refractivity contribution is -0.384. The minimum Gasteiger partial charge on any atom is -0.462 e. The highest BCUT2D eigenvalue weighted by molar-refractivity contribution is 6.05. The predicted octanol–water partition coefficient (Wildman–Crippen LogP) is 5.55. The predicted molar refractivity (Wildman–Crippen MR) is 160 cm³/mol. The number of anilines is 2. The Labute approximate surface area is 247 Å². The van der Waals surface area contributed by atoms with E-state index in [2.05, 4.69) is 5.32 Å². The minimum atomic E-state index is -0.596. The molecule has 3 aromatic carbocycles. The number of benzene rings is 3. The Bertz CT molecular complexity index is 1670. The zero-order chi connectivity index (χ0) is 30.5. The van der Waals surface area contributed by atoms with Crippen LogP contribution in [0.2, 0.25) is 0 Å². The molecular formula is C32H30N4O7. The number of carbonyl (C=O) groups excluding carboxylic acids is 3. The van der Waals surface area contributed by atoms with Crippen LogP contribution in [0.1, 0.15) is 43.8 Å². The molecular weight excluding hydrogens is 552 g/mol. The van der Waals surface area contributed by atoms with E-state index in [4.69, 9.17) is 9.15 Å². The molecule has 1 aliphatic heterocycles. The van der Waals surface area contributed by atoms with Gasteiger partial charge in [0.2, 0.25) is 0 Å². The van der Waals surface area contributed by atoms with Gasteiger partial charge in [-0.25, -0.2) is 4.79 Å². The molecule has 0 atom stereocenters. The molecule has 4 aromatic rings. The van der Waals surface area contributed by atoms with Crippen LogP contribution in [0.3, 0.4) is 0 Å². The number of carbonyl (C=O) groups is 3. The number of ether oxygens (including phenoxy) is 1. The van der Waals surface area contributed by atoms with Gasteiger partial charge in [0.15, 0.2) is 5.76 Å². The molecule has 11 nitrogen and oxygen atoms in total. The van der Waals surface area contributed by atoms with Gasteiger partial charge in [-0.2, -0.15) is 0 Å². The Morgan fingerprint density at radius 1 is 0.930 bits per heavy atom. The summed E-state index contributed by atoms with van der Waals surface area (Å²) >= 11 is 0. The highest BCUT2D eigenvalue weighted by atomic mass is 16.6. The van der Waals surface area contributed by atoms with Crippen LogP contribution in [0, 0.1) is 17.0 Å². The van der Waals surface area contributed by atoms with E-state index in [0.717, 1.165) is 5.56 Å². The highest BCUT2D eigenvalue weighted by Crippen LogP contribution is 2.33. The first-order valence-electron chi connectivity index (χ1n) is 13.8. The van der Waals surface area contributed by atoms with Crippen molar-refractivity contribution in [2.24, 2.45) is 0 Å². The van der Waals surface area contributed by atoms with Crippen molar-refractivity contribution in [2.75, 3.05) is 43.0 Å². The van der Waals surface area contributed by atoms with Crippen molar-refractivity contribution in [2.45, 2.75) is 13.8 Å². The summed E-state index contributed by atoms with van der Waals surface area (Å²) in [6.45, 7) is 5.60. The summed E-state index contributed by atoms with van der Waals surface area (Å²) in [5.41, 5.74) is 2.75. The molecule has 0 unspecified atom stereocenters. The van der Waals surface area contributed by atoms with Gasteiger partial charge in [0.05, 0.1) is 34.0 Å². The molecule has 43 heavy (non-hydrogen) atoms. The van der Waals surface area contributed by atoms with Crippen molar-refractivity contribution in [1.29, 1.82) is 0 Å². The van der Waals surface area contributed by atoms with Crippen molar-refractivity contribution in [1.82, 2.24) is 4.90 Å². The number of hydrogen-bond acceptors (Lipinski definition) is 8. The van der Waals surface area contributed by atoms with Gasteiger partial charge in [0, 0.05) is 37.8 Å². The van der Waals surface area contributed by atoms with Gasteiger partial charge in [0.25, 0.3) is 17.5 Å². The second kappa shape index (κ2) is 12.6. The van der Waals surface area contributed by atoms with E-state index in [9.17, 15) is 24.5 Å². The SMILES string of the molecule is CCOC(=O)c1ccc(N2CCN(C(=O)c3ccccc3)CC2)c(NC(=O)c2ccc(-c3ccc(C)cc3[N+](=O)[O-])o2)c1. The number of furan rings is 1. The molecule has 1 aromatic heterocycles. The Morgan fingerprint density at radius 2 is 1.67 bits per heavy atom. The van der Waals surface area contributed by atoms with Gasteiger partial charge >= 0.3 is 5.97 Å². The van der Waals surface area contributed by atoms with Crippen LogP contribution in [0.15, 0.2) is 83.3 Å². The number of amides is 2. The number of nitrogens with one attached hydrogen (secondary N) is 1. The van der Waals surface area contributed by atoms with E-state index >= 15 is 0 Å². The molecule has 2 heterocycles. The van der Waals surface area contributed by atoms with E-state index in [1.165, 1.54) is 18.2 Å². The second-order valence-electron chi connectivity index (χ2n) is 9.99. The normalized spacial score (nSPS) is 13.0. The van der Waals surface area contributed by atoms with Crippen LogP contribution in [0.5, 0.6) is 0 Å². The van der Waals surface area contributed by atoms with Crippen LogP contribution in [-0.4, -0.2) is 60.4 Å². The van der Waals surface area contributed by atoms with Crippen LogP contribution < -0.4 is 10.2 Å². The molecule has 0 spiro atoms. The smallest absolute Gasteiger partial charge is 0.338 e. The molecule has 220 valence electrons. The van der Waals surface area contributed by atoms with Crippen molar-refractivity contribution in [3.8, 4) is 11.3 Å². The fraction of sp³-hybridized carbons (Fsp3) is 0.219. The molecule has 0 radical (unpaired) electrons. The Hall–Kier alpha value is -5.45. The first-order chi connectivity index (χ1) is 20.7. The Balaban J connectivity index is 1.38. The standard InChI is InChI=1S/C32H30N4O7/c1-3-42-32(39)23-10-12-26(34-15-17-35(18-16-34)31(38)22-7-5-4-6-8-22)25(20-23)33-30(37)29-14-13-28(43-29)24-11-9-21(2)19-27(24)36(40)41/h4-14,19-20H,3,15-18H2,1-2H3,(H,33,37). The monoisotopic (exact) mass is 582 g/mol. The lowest BCUT2D eigenvalue weighted by atomic mass is 10.1. The summed E-state index contributed by atoms with van der Waals surface area (Å²) in [6.07, 6.45) is 0. The number of hydrogen-bond donors (Lipinski definition) is 1. The van der Waals surface area contributed by atoms with E-state index in [1.54, 1.807) is 61.2 Å². The summed E-state index contributed by atoms with van der Waals surface area (Å²) in [4.78, 5) is 53.7. The summed E-state index contributed by atoms with van der Waals surface area (Å²) in [5.74, 6) is -1.06. The molecule has 0 saturated carbocycles. The Morgan fingerprint density at radius 3 is 2.37 bits per heavy atom. The van der Waals surface area contributed by atoms with Crippen LogP contribution in [0.25, 0.3) is 11.3 Å². The number of aryl methyl sites for hydroxylation is 1. The summed E-state index contributed by atoms with van der Waals surface area (Å²) in [7, 11) is 0. The zero-order valence-corrected chi connectivity index (χ0v) is 23.7. The number of nitro benzene ring substituents is 1. The van der Waals surface area contributed by atoms with Gasteiger partial charge < -0.3 is 24.3 Å². The molecule has 1 fully saturated rings. The van der Waals surface area contributed by atoms with Crippen molar-refractivity contribution in [3.63, 3.8) is 0 Å². The van der Waals surface area contributed by atoms with Gasteiger partial charge in [-0.15, -0.1) is 0 Å². The molecule has 5 rings (SSSR count). The molecule has 1 N–H and O–H groups in total. The maximum absolute atomic E-state index is 13.3. The van der Waals surface area contributed by atoms with Crippen molar-refractivity contribution in [3.05, 3.63) is 111 Å². The summed E-state index contributed by atoms with van der Waals surface area (Å²) < 4.78 is 10.9. The number of nitrogens with zero attached hydrogens (tertiary/aromatic N) is 3. The topological polar surface area (TPSA) is 135 Å². The average Bonchev–Trinajstić information content (AvgIpc) is 3.52. The van der Waals surface area contributed by atoms with E-state index < -0.39 is 16.8 Å². The molecule has 11 heteroatoms. The van der Waals surface area contributed by atoms with E-state index in [0.29, 0.717) is 43.1 Å². The van der Waals surface area contributed by atoms with Gasteiger partial charge in [-0.1, -0.05) is 24.3 Å². The van der Waals surface area contributed by atoms with Gasteiger partial charge in [0.1, 0.15) is 5.76 Å². The average molecular weight is 583 g/mol. The van der Waals surface area contributed by atoms with Crippen LogP contribution in [0.4, 0.5) is 17.1 Å². The first kappa shape index (κ1) is 29.1. The summed E-state index contributed by atoms with van der Waals surface area (Å²) in [6, 6.07) is 21.7. The quantitative estimate of drug-likeness (QED) is 0.162. The van der Waals surface area contributed by atoms with Crippen molar-refractivity contribution < 1.29 is 28.5 Å². The third-order valence-electron chi connectivity index (χ3n) is 7.13. The van der Waals surface area contributed by atoms with Gasteiger partial charge in [-0.05, 0) is 67.9 Å². The number of esters is 1. The molecule has 0 aliphatic carbocycles.